The monoisotopic (exact) mass is 369 g/mol. The molecule has 0 saturated carbocycles. The SMILES string of the molecule is Cc1ccc(C(=O)OCC(=O)N(C)Cc2nc3ccccc3s2)cc1N. The van der Waals surface area contributed by atoms with Gasteiger partial charge in [0.05, 0.1) is 22.3 Å². The maximum Gasteiger partial charge on any atom is 0.338 e. The molecule has 1 aromatic heterocycles. The van der Waals surface area contributed by atoms with Gasteiger partial charge in [0.1, 0.15) is 5.01 Å². The normalized spacial score (nSPS) is 10.7. The predicted octanol–water partition coefficient (Wildman–Crippen LogP) is 3.00. The van der Waals surface area contributed by atoms with Crippen LogP contribution in [0.25, 0.3) is 10.2 Å². The first-order valence-corrected chi connectivity index (χ1v) is 8.87. The summed E-state index contributed by atoms with van der Waals surface area (Å²) >= 11 is 1.54. The third-order valence-corrected chi connectivity index (χ3v) is 5.00. The number of carbonyl (C=O) groups excluding carboxylic acids is 2. The molecule has 1 heterocycles. The van der Waals surface area contributed by atoms with Crippen LogP contribution in [0.1, 0.15) is 20.9 Å². The first-order valence-electron chi connectivity index (χ1n) is 8.05. The number of nitrogen functional groups attached to an aromatic ring is 1. The lowest BCUT2D eigenvalue weighted by Gasteiger charge is -2.15. The summed E-state index contributed by atoms with van der Waals surface area (Å²) in [5, 5.41) is 0.833. The van der Waals surface area contributed by atoms with E-state index in [0.29, 0.717) is 17.8 Å². The molecule has 0 fully saturated rings. The van der Waals surface area contributed by atoms with E-state index in [9.17, 15) is 9.59 Å². The molecule has 0 bridgehead atoms. The summed E-state index contributed by atoms with van der Waals surface area (Å²) in [4.78, 5) is 30.3. The van der Waals surface area contributed by atoms with Gasteiger partial charge in [0, 0.05) is 12.7 Å². The number of nitrogens with zero attached hydrogens (tertiary/aromatic N) is 2. The molecule has 0 radical (unpaired) electrons. The minimum atomic E-state index is -0.571. The number of esters is 1. The van der Waals surface area contributed by atoms with Gasteiger partial charge in [0.15, 0.2) is 6.61 Å². The smallest absolute Gasteiger partial charge is 0.338 e. The van der Waals surface area contributed by atoms with Crippen LogP contribution in [0, 0.1) is 6.92 Å². The fourth-order valence-corrected chi connectivity index (χ4v) is 3.39. The van der Waals surface area contributed by atoms with Gasteiger partial charge >= 0.3 is 5.97 Å². The number of anilines is 1. The number of aromatic nitrogens is 1. The molecule has 6 nitrogen and oxygen atoms in total. The Hall–Kier alpha value is -2.93. The van der Waals surface area contributed by atoms with Crippen LogP contribution < -0.4 is 5.73 Å². The van der Waals surface area contributed by atoms with Crippen molar-refractivity contribution in [3.8, 4) is 0 Å². The van der Waals surface area contributed by atoms with Crippen molar-refractivity contribution in [3.63, 3.8) is 0 Å². The molecule has 134 valence electrons. The Kier molecular flexibility index (Phi) is 5.18. The van der Waals surface area contributed by atoms with Gasteiger partial charge < -0.3 is 15.4 Å². The largest absolute Gasteiger partial charge is 0.452 e. The first kappa shape index (κ1) is 17.9. The second kappa shape index (κ2) is 7.53. The van der Waals surface area contributed by atoms with Crippen LogP contribution in [0.2, 0.25) is 0 Å². The number of fused-ring (bicyclic) bond motifs is 1. The van der Waals surface area contributed by atoms with Crippen LogP contribution in [0.15, 0.2) is 42.5 Å². The maximum atomic E-state index is 12.2. The quantitative estimate of drug-likeness (QED) is 0.552. The molecule has 7 heteroatoms. The number of amides is 1. The van der Waals surface area contributed by atoms with E-state index in [-0.39, 0.29) is 12.5 Å². The molecule has 2 aromatic carbocycles. The number of ether oxygens (including phenoxy) is 1. The summed E-state index contributed by atoms with van der Waals surface area (Å²) in [5.41, 5.74) is 8.43. The summed E-state index contributed by atoms with van der Waals surface area (Å²) in [6.45, 7) is 1.90. The van der Waals surface area contributed by atoms with E-state index in [1.54, 1.807) is 36.6 Å². The Balaban J connectivity index is 1.56. The molecule has 0 aliphatic heterocycles. The summed E-state index contributed by atoms with van der Waals surface area (Å²) in [6, 6.07) is 12.7. The molecule has 0 aliphatic rings. The fraction of sp³-hybridized carbons (Fsp3) is 0.211. The Labute approximate surface area is 155 Å². The van der Waals surface area contributed by atoms with Crippen molar-refractivity contribution in [2.75, 3.05) is 19.4 Å². The van der Waals surface area contributed by atoms with Crippen LogP contribution in [-0.2, 0) is 16.1 Å². The first-order chi connectivity index (χ1) is 12.4. The Morgan fingerprint density at radius 1 is 1.23 bits per heavy atom. The van der Waals surface area contributed by atoms with Crippen molar-refractivity contribution in [1.82, 2.24) is 9.88 Å². The molecular formula is C19H19N3O3S. The van der Waals surface area contributed by atoms with Crippen LogP contribution in [-0.4, -0.2) is 35.4 Å². The van der Waals surface area contributed by atoms with Crippen LogP contribution in [0.4, 0.5) is 5.69 Å². The minimum Gasteiger partial charge on any atom is -0.452 e. The summed E-state index contributed by atoms with van der Waals surface area (Å²) in [6.07, 6.45) is 0. The van der Waals surface area contributed by atoms with Crippen molar-refractivity contribution in [2.24, 2.45) is 0 Å². The molecule has 26 heavy (non-hydrogen) atoms. The minimum absolute atomic E-state index is 0.294. The molecule has 0 unspecified atom stereocenters. The lowest BCUT2D eigenvalue weighted by atomic mass is 10.1. The highest BCUT2D eigenvalue weighted by Gasteiger charge is 2.16. The fourth-order valence-electron chi connectivity index (χ4n) is 2.37. The average Bonchev–Trinajstić information content (AvgIpc) is 3.03. The zero-order valence-corrected chi connectivity index (χ0v) is 15.4. The number of thiazole rings is 1. The number of para-hydroxylation sites is 1. The van der Waals surface area contributed by atoms with Gasteiger partial charge in [0.25, 0.3) is 5.91 Å². The zero-order valence-electron chi connectivity index (χ0n) is 14.6. The highest BCUT2D eigenvalue weighted by atomic mass is 32.1. The summed E-state index contributed by atoms with van der Waals surface area (Å²) in [5.74, 6) is -0.865. The summed E-state index contributed by atoms with van der Waals surface area (Å²) in [7, 11) is 1.66. The van der Waals surface area contributed by atoms with E-state index in [1.807, 2.05) is 31.2 Å². The molecule has 2 N–H and O–H groups in total. The zero-order chi connectivity index (χ0) is 18.7. The Morgan fingerprint density at radius 3 is 2.73 bits per heavy atom. The van der Waals surface area contributed by atoms with E-state index >= 15 is 0 Å². The summed E-state index contributed by atoms with van der Waals surface area (Å²) < 4.78 is 6.18. The maximum absolute atomic E-state index is 12.2. The van der Waals surface area contributed by atoms with Gasteiger partial charge in [-0.15, -0.1) is 11.3 Å². The molecule has 3 aromatic rings. The number of benzene rings is 2. The van der Waals surface area contributed by atoms with E-state index in [0.717, 1.165) is 20.8 Å². The number of nitrogens with two attached hydrogens (primary N) is 1. The Morgan fingerprint density at radius 2 is 2.00 bits per heavy atom. The highest BCUT2D eigenvalue weighted by Crippen LogP contribution is 2.22. The third-order valence-electron chi connectivity index (χ3n) is 3.98. The lowest BCUT2D eigenvalue weighted by Crippen LogP contribution is -2.30. The number of rotatable bonds is 5. The number of likely N-dealkylation sites (N-methyl/N-ethyl adjacent to an activating group) is 1. The molecule has 0 saturated heterocycles. The number of hydrogen-bond donors (Lipinski definition) is 1. The number of hydrogen-bond acceptors (Lipinski definition) is 6. The Bertz CT molecular complexity index is 935. The second-order valence-electron chi connectivity index (χ2n) is 5.97. The molecular weight excluding hydrogens is 350 g/mol. The van der Waals surface area contributed by atoms with Gasteiger partial charge in [-0.05, 0) is 36.8 Å². The topological polar surface area (TPSA) is 85.5 Å². The van der Waals surface area contributed by atoms with Crippen molar-refractivity contribution in [2.45, 2.75) is 13.5 Å². The number of carbonyl (C=O) groups is 2. The van der Waals surface area contributed by atoms with Crippen molar-refractivity contribution < 1.29 is 14.3 Å². The molecule has 1 amide bonds. The van der Waals surface area contributed by atoms with E-state index < -0.39 is 5.97 Å². The molecule has 0 aliphatic carbocycles. The van der Waals surface area contributed by atoms with E-state index in [2.05, 4.69) is 4.98 Å². The van der Waals surface area contributed by atoms with Crippen molar-refractivity contribution >= 4 is 39.1 Å². The van der Waals surface area contributed by atoms with Crippen LogP contribution >= 0.6 is 11.3 Å². The van der Waals surface area contributed by atoms with E-state index in [1.165, 1.54) is 4.90 Å². The van der Waals surface area contributed by atoms with Gasteiger partial charge in [0.2, 0.25) is 0 Å². The van der Waals surface area contributed by atoms with Crippen molar-refractivity contribution in [1.29, 1.82) is 0 Å². The average molecular weight is 369 g/mol. The van der Waals surface area contributed by atoms with Gasteiger partial charge in [-0.25, -0.2) is 9.78 Å². The molecule has 0 atom stereocenters. The third kappa shape index (κ3) is 4.00. The molecule has 0 spiro atoms. The van der Waals surface area contributed by atoms with Gasteiger partial charge in [-0.2, -0.15) is 0 Å². The van der Waals surface area contributed by atoms with E-state index in [4.69, 9.17) is 10.5 Å². The second-order valence-corrected chi connectivity index (χ2v) is 7.09. The number of aryl methyl sites for hydroxylation is 1. The lowest BCUT2D eigenvalue weighted by molar-refractivity contribution is -0.133. The molecule has 3 rings (SSSR count). The predicted molar refractivity (Wildman–Crippen MR) is 102 cm³/mol. The standard InChI is InChI=1S/C19H19N3O3S/c1-12-7-8-13(9-14(12)20)19(24)25-11-18(23)22(2)10-17-21-15-5-3-4-6-16(15)26-17/h3-9H,10-11,20H2,1-2H3. The highest BCUT2D eigenvalue weighted by molar-refractivity contribution is 7.18. The van der Waals surface area contributed by atoms with Gasteiger partial charge in [-0.3, -0.25) is 4.79 Å². The van der Waals surface area contributed by atoms with Crippen LogP contribution in [0.5, 0.6) is 0 Å². The van der Waals surface area contributed by atoms with Crippen molar-refractivity contribution in [3.05, 3.63) is 58.6 Å². The van der Waals surface area contributed by atoms with Crippen LogP contribution in [0.3, 0.4) is 0 Å². The van der Waals surface area contributed by atoms with Gasteiger partial charge in [-0.1, -0.05) is 18.2 Å².